The maximum Gasteiger partial charge on any atom is 0.127 e. The van der Waals surface area contributed by atoms with Crippen LogP contribution in [-0.2, 0) is 13.1 Å². The Morgan fingerprint density at radius 1 is 0.806 bits per heavy atom. The molecule has 0 saturated carbocycles. The molecule has 0 saturated heterocycles. The first-order valence-corrected chi connectivity index (χ1v) is 11.0. The van der Waals surface area contributed by atoms with Crippen LogP contribution in [-0.4, -0.2) is 16.0 Å². The van der Waals surface area contributed by atoms with Crippen molar-refractivity contribution in [2.45, 2.75) is 32.5 Å². The Hall–Kier alpha value is -3.30. The van der Waals surface area contributed by atoms with Gasteiger partial charge >= 0.3 is 0 Å². The Balaban J connectivity index is 1.50. The second-order valence-electron chi connectivity index (χ2n) is 8.33. The highest BCUT2D eigenvalue weighted by molar-refractivity contribution is 5.38. The molecule has 4 aromatic rings. The Morgan fingerprint density at radius 3 is 2.45 bits per heavy atom. The molecule has 0 N–H and O–H groups in total. The minimum Gasteiger partial charge on any atom is -0.457 e. The zero-order valence-electron chi connectivity index (χ0n) is 17.9. The molecule has 0 fully saturated rings. The lowest BCUT2D eigenvalue weighted by atomic mass is 10.0. The van der Waals surface area contributed by atoms with Gasteiger partial charge in [-0.3, -0.25) is 4.90 Å². The van der Waals surface area contributed by atoms with Gasteiger partial charge in [-0.25, -0.2) is 0 Å². The molecule has 1 aliphatic rings. The predicted octanol–water partition coefficient (Wildman–Crippen LogP) is 6.58. The third kappa shape index (κ3) is 4.42. The van der Waals surface area contributed by atoms with Crippen molar-refractivity contribution in [2.24, 2.45) is 0 Å². The lowest BCUT2D eigenvalue weighted by Crippen LogP contribution is -2.29. The fourth-order valence-corrected chi connectivity index (χ4v) is 4.49. The average Bonchev–Trinajstić information content (AvgIpc) is 3.17. The van der Waals surface area contributed by atoms with Crippen LogP contribution in [0, 0.1) is 6.92 Å². The second-order valence-corrected chi connectivity index (χ2v) is 8.33. The van der Waals surface area contributed by atoms with E-state index in [0.29, 0.717) is 0 Å². The first kappa shape index (κ1) is 19.7. The maximum absolute atomic E-state index is 6.15. The molecule has 3 aromatic carbocycles. The molecular formula is C28H28N2O. The lowest BCUT2D eigenvalue weighted by molar-refractivity contribution is 0.220. The molecule has 31 heavy (non-hydrogen) atoms. The molecule has 0 aliphatic carbocycles. The number of nitrogens with zero attached hydrogens (tertiary/aromatic N) is 2. The molecule has 0 amide bonds. The van der Waals surface area contributed by atoms with E-state index in [0.717, 1.165) is 37.6 Å². The molecule has 1 atom stereocenters. The van der Waals surface area contributed by atoms with E-state index in [1.54, 1.807) is 0 Å². The van der Waals surface area contributed by atoms with Crippen molar-refractivity contribution >= 4 is 0 Å². The van der Waals surface area contributed by atoms with Gasteiger partial charge in [-0.2, -0.15) is 0 Å². The van der Waals surface area contributed by atoms with Gasteiger partial charge in [-0.1, -0.05) is 60.2 Å². The van der Waals surface area contributed by atoms with E-state index in [4.69, 9.17) is 4.74 Å². The van der Waals surface area contributed by atoms with Gasteiger partial charge in [0.2, 0.25) is 0 Å². The van der Waals surface area contributed by atoms with Crippen molar-refractivity contribution in [3.63, 3.8) is 0 Å². The zero-order valence-corrected chi connectivity index (χ0v) is 17.9. The van der Waals surface area contributed by atoms with Crippen LogP contribution < -0.4 is 4.74 Å². The summed E-state index contributed by atoms with van der Waals surface area (Å²) in [5, 5.41) is 0. The van der Waals surface area contributed by atoms with Gasteiger partial charge in [0.05, 0.1) is 6.04 Å². The number of aromatic nitrogens is 1. The van der Waals surface area contributed by atoms with Crippen molar-refractivity contribution in [3.8, 4) is 11.5 Å². The van der Waals surface area contributed by atoms with E-state index in [2.05, 4.69) is 77.2 Å². The van der Waals surface area contributed by atoms with Crippen molar-refractivity contribution < 1.29 is 4.74 Å². The lowest BCUT2D eigenvalue weighted by Gasteiger charge is -2.31. The molecule has 5 rings (SSSR count). The number of benzene rings is 3. The third-order valence-electron chi connectivity index (χ3n) is 6.01. The zero-order chi connectivity index (χ0) is 21.0. The summed E-state index contributed by atoms with van der Waals surface area (Å²) in [6.07, 6.45) is 3.35. The smallest absolute Gasteiger partial charge is 0.127 e. The predicted molar refractivity (Wildman–Crippen MR) is 125 cm³/mol. The Bertz CT molecular complexity index is 1130. The molecule has 3 heteroatoms. The minimum absolute atomic E-state index is 0.193. The van der Waals surface area contributed by atoms with Crippen molar-refractivity contribution in [3.05, 3.63) is 120 Å². The van der Waals surface area contributed by atoms with Crippen molar-refractivity contribution in [1.29, 1.82) is 0 Å². The molecule has 2 heterocycles. The van der Waals surface area contributed by atoms with E-state index in [1.165, 1.54) is 22.4 Å². The topological polar surface area (TPSA) is 17.4 Å². The van der Waals surface area contributed by atoms with Gasteiger partial charge in [0, 0.05) is 31.5 Å². The molecule has 1 aromatic heterocycles. The fourth-order valence-electron chi connectivity index (χ4n) is 4.49. The maximum atomic E-state index is 6.15. The van der Waals surface area contributed by atoms with E-state index in [1.807, 2.05) is 36.4 Å². The van der Waals surface area contributed by atoms with Gasteiger partial charge in [-0.15, -0.1) is 0 Å². The molecule has 1 aliphatic heterocycles. The first-order valence-electron chi connectivity index (χ1n) is 11.0. The quantitative estimate of drug-likeness (QED) is 0.371. The number of fused-ring (bicyclic) bond motifs is 1. The summed E-state index contributed by atoms with van der Waals surface area (Å²) in [6.45, 7) is 5.19. The van der Waals surface area contributed by atoms with Gasteiger partial charge in [0.15, 0.2) is 0 Å². The molecular weight excluding hydrogens is 380 g/mol. The molecule has 0 unspecified atom stereocenters. The molecule has 0 bridgehead atoms. The highest BCUT2D eigenvalue weighted by Crippen LogP contribution is 2.35. The fraction of sp³-hybridized carbons (Fsp3) is 0.214. The molecule has 0 radical (unpaired) electrons. The van der Waals surface area contributed by atoms with Gasteiger partial charge < -0.3 is 9.30 Å². The summed E-state index contributed by atoms with van der Waals surface area (Å²) in [7, 11) is 0. The summed E-state index contributed by atoms with van der Waals surface area (Å²) in [5.41, 5.74) is 5.27. The van der Waals surface area contributed by atoms with Crippen LogP contribution in [0.4, 0.5) is 0 Å². The summed E-state index contributed by atoms with van der Waals surface area (Å²) in [5.74, 6) is 1.74. The van der Waals surface area contributed by atoms with Crippen LogP contribution in [0.15, 0.2) is 97.2 Å². The Kier molecular flexibility index (Phi) is 5.59. The highest BCUT2D eigenvalue weighted by atomic mass is 16.5. The minimum atomic E-state index is 0.193. The van der Waals surface area contributed by atoms with Gasteiger partial charge in [-0.05, 0) is 60.9 Å². The van der Waals surface area contributed by atoms with E-state index < -0.39 is 0 Å². The number of hydrogen-bond acceptors (Lipinski definition) is 2. The summed E-state index contributed by atoms with van der Waals surface area (Å²) < 4.78 is 8.56. The van der Waals surface area contributed by atoms with Crippen LogP contribution >= 0.6 is 0 Å². The monoisotopic (exact) mass is 408 g/mol. The van der Waals surface area contributed by atoms with Crippen molar-refractivity contribution in [1.82, 2.24) is 9.47 Å². The molecule has 0 spiro atoms. The second kappa shape index (κ2) is 8.83. The summed E-state index contributed by atoms with van der Waals surface area (Å²) in [6, 6.07) is 32.1. The van der Waals surface area contributed by atoms with Crippen molar-refractivity contribution in [2.75, 3.05) is 6.54 Å². The third-order valence-corrected chi connectivity index (χ3v) is 6.01. The average molecular weight is 409 g/mol. The van der Waals surface area contributed by atoms with Crippen LogP contribution in [0.1, 0.15) is 34.8 Å². The van der Waals surface area contributed by atoms with Gasteiger partial charge in [0.25, 0.3) is 0 Å². The SMILES string of the molecule is Cc1ccc(CN2CCCn3cccc3[C@@H]2c2cccc(Oc3ccccc3)c2)cc1. The molecule has 156 valence electrons. The van der Waals surface area contributed by atoms with E-state index in [-0.39, 0.29) is 6.04 Å². The standard InChI is InChI=1S/C28H28N2O/c1-22-13-15-23(16-14-22)21-30-19-7-18-29-17-6-12-27(29)28(30)24-8-5-11-26(20-24)31-25-9-3-2-4-10-25/h2-6,8-17,20,28H,7,18-19,21H2,1H3/t28-/m0/s1. The van der Waals surface area contributed by atoms with Gasteiger partial charge in [0.1, 0.15) is 11.5 Å². The number of ether oxygens (including phenoxy) is 1. The number of rotatable bonds is 5. The molecule has 3 nitrogen and oxygen atoms in total. The van der Waals surface area contributed by atoms with Crippen LogP contribution in [0.2, 0.25) is 0 Å². The number of hydrogen-bond donors (Lipinski definition) is 0. The number of para-hydroxylation sites is 1. The normalized spacial score (nSPS) is 16.5. The van der Waals surface area contributed by atoms with E-state index in [9.17, 15) is 0 Å². The summed E-state index contributed by atoms with van der Waals surface area (Å²) >= 11 is 0. The first-order chi connectivity index (χ1) is 15.3. The van der Waals surface area contributed by atoms with E-state index >= 15 is 0 Å². The number of aryl methyl sites for hydroxylation is 2. The highest BCUT2D eigenvalue weighted by Gasteiger charge is 2.27. The summed E-state index contributed by atoms with van der Waals surface area (Å²) in [4.78, 5) is 2.60. The largest absolute Gasteiger partial charge is 0.457 e. The van der Waals surface area contributed by atoms with Crippen LogP contribution in [0.3, 0.4) is 0 Å². The van der Waals surface area contributed by atoms with Crippen LogP contribution in [0.25, 0.3) is 0 Å². The Morgan fingerprint density at radius 2 is 1.61 bits per heavy atom. The Labute approximate surface area is 184 Å². The van der Waals surface area contributed by atoms with Crippen LogP contribution in [0.5, 0.6) is 11.5 Å².